The second-order valence-corrected chi connectivity index (χ2v) is 6.86. The molecule has 106 valence electrons. The Morgan fingerprint density at radius 1 is 1.25 bits per heavy atom. The first-order valence-corrected chi connectivity index (χ1v) is 7.69. The summed E-state index contributed by atoms with van der Waals surface area (Å²) >= 11 is 0. The van der Waals surface area contributed by atoms with Gasteiger partial charge in [0, 0.05) is 30.4 Å². The van der Waals surface area contributed by atoms with Crippen LogP contribution in [0, 0.1) is 5.41 Å². The van der Waals surface area contributed by atoms with Gasteiger partial charge < -0.3 is 5.32 Å². The van der Waals surface area contributed by atoms with Gasteiger partial charge >= 0.3 is 0 Å². The number of aromatic nitrogens is 1. The van der Waals surface area contributed by atoms with Crippen LogP contribution in [0.5, 0.6) is 0 Å². The molecule has 2 heteroatoms. The first kappa shape index (κ1) is 13.6. The van der Waals surface area contributed by atoms with Crippen molar-refractivity contribution in [3.05, 3.63) is 42.2 Å². The van der Waals surface area contributed by atoms with Crippen molar-refractivity contribution in [1.82, 2.24) is 10.3 Å². The molecule has 1 saturated carbocycles. The Morgan fingerprint density at radius 2 is 2.10 bits per heavy atom. The molecular formula is C18H24N2. The number of nitrogens with zero attached hydrogens (tertiary/aromatic N) is 1. The van der Waals surface area contributed by atoms with Gasteiger partial charge in [-0.3, -0.25) is 4.98 Å². The Kier molecular flexibility index (Phi) is 3.75. The van der Waals surface area contributed by atoms with E-state index in [1.165, 1.54) is 42.0 Å². The number of hydrogen-bond donors (Lipinski definition) is 1. The van der Waals surface area contributed by atoms with Crippen LogP contribution in [0.4, 0.5) is 0 Å². The summed E-state index contributed by atoms with van der Waals surface area (Å²) in [7, 11) is 0. The molecular weight excluding hydrogens is 244 g/mol. The molecule has 0 amide bonds. The summed E-state index contributed by atoms with van der Waals surface area (Å²) in [5.74, 6) is 0. The van der Waals surface area contributed by atoms with E-state index in [1.54, 1.807) is 0 Å². The molecule has 2 nitrogen and oxygen atoms in total. The van der Waals surface area contributed by atoms with E-state index in [4.69, 9.17) is 0 Å². The molecule has 0 spiro atoms. The van der Waals surface area contributed by atoms with E-state index >= 15 is 0 Å². The van der Waals surface area contributed by atoms with Crippen LogP contribution in [0.15, 0.2) is 36.7 Å². The van der Waals surface area contributed by atoms with Gasteiger partial charge in [0.1, 0.15) is 0 Å². The van der Waals surface area contributed by atoms with E-state index < -0.39 is 0 Å². The monoisotopic (exact) mass is 268 g/mol. The van der Waals surface area contributed by atoms with E-state index in [-0.39, 0.29) is 0 Å². The molecule has 3 rings (SSSR count). The summed E-state index contributed by atoms with van der Waals surface area (Å²) < 4.78 is 0. The van der Waals surface area contributed by atoms with Gasteiger partial charge in [0.15, 0.2) is 0 Å². The molecule has 2 aromatic rings. The molecule has 1 heterocycles. The predicted octanol–water partition coefficient (Wildman–Crippen LogP) is 4.29. The normalized spacial score (nSPS) is 22.0. The summed E-state index contributed by atoms with van der Waals surface area (Å²) in [5, 5.41) is 6.30. The molecule has 20 heavy (non-hydrogen) atoms. The minimum atomic E-state index is 0.493. The van der Waals surface area contributed by atoms with E-state index in [2.05, 4.69) is 48.4 Å². The van der Waals surface area contributed by atoms with Crippen LogP contribution >= 0.6 is 0 Å². The van der Waals surface area contributed by atoms with Gasteiger partial charge in [-0.1, -0.05) is 44.5 Å². The molecule has 1 atom stereocenters. The Labute approximate surface area is 121 Å². The van der Waals surface area contributed by atoms with Gasteiger partial charge in [-0.2, -0.15) is 0 Å². The third kappa shape index (κ3) is 3.01. The maximum atomic E-state index is 4.37. The molecule has 1 unspecified atom stereocenters. The number of benzene rings is 1. The minimum absolute atomic E-state index is 0.493. The highest BCUT2D eigenvalue weighted by Crippen LogP contribution is 2.35. The first-order chi connectivity index (χ1) is 9.64. The fourth-order valence-electron chi connectivity index (χ4n) is 3.45. The van der Waals surface area contributed by atoms with Crippen LogP contribution in [0.25, 0.3) is 10.8 Å². The number of rotatable bonds is 3. The summed E-state index contributed by atoms with van der Waals surface area (Å²) in [6.07, 6.45) is 9.25. The Balaban J connectivity index is 1.71. The third-order valence-corrected chi connectivity index (χ3v) is 4.54. The molecule has 0 saturated heterocycles. The highest BCUT2D eigenvalue weighted by atomic mass is 14.9. The van der Waals surface area contributed by atoms with Crippen molar-refractivity contribution >= 4 is 10.8 Å². The standard InChI is InChI=1S/C18H24N2/c1-18(2)9-5-7-16(10-18)20-13-15-12-19-11-14-6-3-4-8-17(14)15/h3-4,6,8,11-12,16,20H,5,7,9-10,13H2,1-2H3. The van der Waals surface area contributed by atoms with Crippen molar-refractivity contribution in [2.24, 2.45) is 5.41 Å². The Hall–Kier alpha value is -1.41. The molecule has 0 aliphatic heterocycles. The van der Waals surface area contributed by atoms with Crippen molar-refractivity contribution in [1.29, 1.82) is 0 Å². The van der Waals surface area contributed by atoms with Crippen LogP contribution in [0.2, 0.25) is 0 Å². The highest BCUT2D eigenvalue weighted by molar-refractivity contribution is 5.84. The van der Waals surface area contributed by atoms with E-state index in [0.29, 0.717) is 11.5 Å². The summed E-state index contributed by atoms with van der Waals surface area (Å²) in [6.45, 7) is 5.70. The second-order valence-electron chi connectivity index (χ2n) is 6.86. The molecule has 0 bridgehead atoms. The van der Waals surface area contributed by atoms with Crippen molar-refractivity contribution < 1.29 is 0 Å². The van der Waals surface area contributed by atoms with Crippen LogP contribution < -0.4 is 5.32 Å². The number of fused-ring (bicyclic) bond motifs is 1. The Bertz CT molecular complexity index is 583. The van der Waals surface area contributed by atoms with Gasteiger partial charge in [0.2, 0.25) is 0 Å². The number of hydrogen-bond acceptors (Lipinski definition) is 2. The lowest BCUT2D eigenvalue weighted by molar-refractivity contribution is 0.198. The molecule has 1 N–H and O–H groups in total. The average Bonchev–Trinajstić information content (AvgIpc) is 2.44. The lowest BCUT2D eigenvalue weighted by Gasteiger charge is -2.35. The molecule has 1 aliphatic rings. The third-order valence-electron chi connectivity index (χ3n) is 4.54. The van der Waals surface area contributed by atoms with E-state index in [0.717, 1.165) is 6.54 Å². The van der Waals surface area contributed by atoms with Crippen LogP contribution in [-0.2, 0) is 6.54 Å². The van der Waals surface area contributed by atoms with Crippen molar-refractivity contribution in [2.45, 2.75) is 52.1 Å². The number of pyridine rings is 1. The minimum Gasteiger partial charge on any atom is -0.310 e. The quantitative estimate of drug-likeness (QED) is 0.898. The molecule has 1 aliphatic carbocycles. The lowest BCUT2D eigenvalue weighted by Crippen LogP contribution is -2.36. The largest absolute Gasteiger partial charge is 0.310 e. The van der Waals surface area contributed by atoms with Crippen LogP contribution in [0.3, 0.4) is 0 Å². The maximum absolute atomic E-state index is 4.37. The van der Waals surface area contributed by atoms with Gasteiger partial charge in [0.25, 0.3) is 0 Å². The molecule has 1 fully saturated rings. The van der Waals surface area contributed by atoms with E-state index in [9.17, 15) is 0 Å². The molecule has 0 radical (unpaired) electrons. The predicted molar refractivity (Wildman–Crippen MR) is 84.6 cm³/mol. The number of nitrogens with one attached hydrogen (secondary N) is 1. The zero-order valence-electron chi connectivity index (χ0n) is 12.5. The van der Waals surface area contributed by atoms with Gasteiger partial charge in [0.05, 0.1) is 0 Å². The van der Waals surface area contributed by atoms with Crippen molar-refractivity contribution in [2.75, 3.05) is 0 Å². The van der Waals surface area contributed by atoms with Crippen LogP contribution in [-0.4, -0.2) is 11.0 Å². The fourth-order valence-corrected chi connectivity index (χ4v) is 3.45. The van der Waals surface area contributed by atoms with Crippen molar-refractivity contribution in [3.63, 3.8) is 0 Å². The highest BCUT2D eigenvalue weighted by Gasteiger charge is 2.27. The smallest absolute Gasteiger partial charge is 0.0346 e. The summed E-state index contributed by atoms with van der Waals surface area (Å²) in [4.78, 5) is 4.37. The second kappa shape index (κ2) is 5.53. The van der Waals surface area contributed by atoms with E-state index in [1.807, 2.05) is 12.4 Å². The van der Waals surface area contributed by atoms with Crippen LogP contribution in [0.1, 0.15) is 45.1 Å². The summed E-state index contributed by atoms with van der Waals surface area (Å²) in [5.41, 5.74) is 1.80. The summed E-state index contributed by atoms with van der Waals surface area (Å²) in [6, 6.07) is 9.16. The van der Waals surface area contributed by atoms with Gasteiger partial charge in [-0.15, -0.1) is 0 Å². The van der Waals surface area contributed by atoms with Gasteiger partial charge in [-0.25, -0.2) is 0 Å². The zero-order chi connectivity index (χ0) is 14.0. The lowest BCUT2D eigenvalue weighted by atomic mass is 9.75. The van der Waals surface area contributed by atoms with Gasteiger partial charge in [-0.05, 0) is 35.6 Å². The fraction of sp³-hybridized carbons (Fsp3) is 0.500. The maximum Gasteiger partial charge on any atom is 0.0346 e. The molecule has 1 aromatic heterocycles. The Morgan fingerprint density at radius 3 is 2.95 bits per heavy atom. The SMILES string of the molecule is CC1(C)CCCC(NCc2cncc3ccccc23)C1. The molecule has 1 aromatic carbocycles. The average molecular weight is 268 g/mol. The topological polar surface area (TPSA) is 24.9 Å². The first-order valence-electron chi connectivity index (χ1n) is 7.69. The van der Waals surface area contributed by atoms with Crippen molar-refractivity contribution in [3.8, 4) is 0 Å². The zero-order valence-corrected chi connectivity index (χ0v) is 12.5.